The smallest absolute Gasteiger partial charge is 0.299 e. The van der Waals surface area contributed by atoms with Gasteiger partial charge in [0, 0.05) is 18.1 Å². The summed E-state index contributed by atoms with van der Waals surface area (Å²) in [7, 11) is 0. The number of rotatable bonds is 9. The second kappa shape index (κ2) is 8.46. The Kier molecular flexibility index (Phi) is 6.60. The van der Waals surface area contributed by atoms with Gasteiger partial charge in [-0.1, -0.05) is 38.3 Å². The van der Waals surface area contributed by atoms with E-state index in [0.29, 0.717) is 22.8 Å². The zero-order valence-corrected chi connectivity index (χ0v) is 14.7. The normalized spacial score (nSPS) is 14.0. The molecule has 0 N–H and O–H groups in total. The molecule has 126 valence electrons. The molecule has 2 rings (SSSR count). The third-order valence-electron chi connectivity index (χ3n) is 4.23. The maximum absolute atomic E-state index is 12.2. The van der Waals surface area contributed by atoms with Gasteiger partial charge in [0.05, 0.1) is 11.3 Å². The lowest BCUT2D eigenvalue weighted by Crippen LogP contribution is -2.38. The van der Waals surface area contributed by atoms with E-state index in [0.717, 1.165) is 45.3 Å². The third kappa shape index (κ3) is 4.33. The Bertz CT molecular complexity index is 566. The number of ketones is 1. The zero-order chi connectivity index (χ0) is 16.8. The van der Waals surface area contributed by atoms with Crippen LogP contribution in [0.3, 0.4) is 0 Å². The molecule has 1 aliphatic heterocycles. The quantitative estimate of drug-likeness (QED) is 0.644. The van der Waals surface area contributed by atoms with E-state index in [2.05, 4.69) is 18.7 Å². The molecule has 0 bridgehead atoms. The van der Waals surface area contributed by atoms with Gasteiger partial charge in [-0.2, -0.15) is 0 Å². The molecule has 0 saturated carbocycles. The third-order valence-corrected chi connectivity index (χ3v) is 4.46. The number of halogens is 1. The van der Waals surface area contributed by atoms with Crippen LogP contribution in [0.15, 0.2) is 18.2 Å². The average Bonchev–Trinajstić information content (AvgIpc) is 2.78. The Morgan fingerprint density at radius 1 is 1.04 bits per heavy atom. The number of fused-ring (bicyclic) bond motifs is 1. The van der Waals surface area contributed by atoms with Crippen LogP contribution in [0, 0.1) is 0 Å². The van der Waals surface area contributed by atoms with Gasteiger partial charge in [-0.05, 0) is 44.1 Å². The Morgan fingerprint density at radius 2 is 1.70 bits per heavy atom. The molecule has 1 heterocycles. The highest BCUT2D eigenvalue weighted by atomic mass is 35.5. The number of Topliss-reactive ketones (excluding diaryl/α,β-unsaturated/α-hetero) is 1. The molecule has 23 heavy (non-hydrogen) atoms. The largest absolute Gasteiger partial charge is 0.303 e. The highest BCUT2D eigenvalue weighted by Gasteiger charge is 2.35. The fraction of sp³-hybridized carbons (Fsp3) is 0.556. The summed E-state index contributed by atoms with van der Waals surface area (Å²) in [5.41, 5.74) is 1.12. The summed E-state index contributed by atoms with van der Waals surface area (Å²) < 4.78 is 0. The van der Waals surface area contributed by atoms with E-state index < -0.39 is 11.7 Å². The van der Waals surface area contributed by atoms with Crippen LogP contribution in [0.4, 0.5) is 5.69 Å². The van der Waals surface area contributed by atoms with Gasteiger partial charge in [-0.15, -0.1) is 0 Å². The molecule has 0 unspecified atom stereocenters. The number of hydrogen-bond acceptors (Lipinski definition) is 3. The highest BCUT2D eigenvalue weighted by molar-refractivity contribution is 6.52. The molecule has 0 radical (unpaired) electrons. The number of benzene rings is 1. The van der Waals surface area contributed by atoms with E-state index in [9.17, 15) is 9.59 Å². The second-order valence-corrected chi connectivity index (χ2v) is 6.43. The molecule has 4 nitrogen and oxygen atoms in total. The van der Waals surface area contributed by atoms with Crippen molar-refractivity contribution in [3.63, 3.8) is 0 Å². The Balaban J connectivity index is 2.04. The lowest BCUT2D eigenvalue weighted by Gasteiger charge is -2.25. The first-order chi connectivity index (χ1) is 11.1. The number of amides is 1. The highest BCUT2D eigenvalue weighted by Crippen LogP contribution is 2.30. The van der Waals surface area contributed by atoms with Crippen LogP contribution in [0.1, 0.15) is 49.9 Å². The number of carbonyl (C=O) groups is 2. The Morgan fingerprint density at radius 3 is 2.30 bits per heavy atom. The van der Waals surface area contributed by atoms with E-state index in [1.807, 2.05) is 0 Å². The SMILES string of the molecule is CCCCN(CCCC)CCN1C(=O)C(=O)c2cc(Cl)ccc21. The molecule has 1 aromatic carbocycles. The molecule has 0 saturated heterocycles. The van der Waals surface area contributed by atoms with E-state index in [4.69, 9.17) is 11.6 Å². The molecular weight excluding hydrogens is 312 g/mol. The lowest BCUT2D eigenvalue weighted by atomic mass is 10.1. The maximum Gasteiger partial charge on any atom is 0.299 e. The molecule has 0 aliphatic carbocycles. The van der Waals surface area contributed by atoms with Crippen molar-refractivity contribution in [3.05, 3.63) is 28.8 Å². The Hall–Kier alpha value is -1.39. The lowest BCUT2D eigenvalue weighted by molar-refractivity contribution is -0.114. The van der Waals surface area contributed by atoms with Crippen LogP contribution in [0.25, 0.3) is 0 Å². The maximum atomic E-state index is 12.2. The molecule has 0 atom stereocenters. The fourth-order valence-corrected chi connectivity index (χ4v) is 3.01. The van der Waals surface area contributed by atoms with Gasteiger partial charge in [-0.3, -0.25) is 9.59 Å². The molecular formula is C18H25ClN2O2. The van der Waals surface area contributed by atoms with Gasteiger partial charge in [0.15, 0.2) is 0 Å². The van der Waals surface area contributed by atoms with Crippen molar-refractivity contribution < 1.29 is 9.59 Å². The summed E-state index contributed by atoms with van der Waals surface area (Å²) >= 11 is 5.94. The van der Waals surface area contributed by atoms with Crippen LogP contribution in [0.5, 0.6) is 0 Å². The molecule has 0 spiro atoms. The summed E-state index contributed by atoms with van der Waals surface area (Å²) in [5.74, 6) is -0.885. The zero-order valence-electron chi connectivity index (χ0n) is 14.0. The van der Waals surface area contributed by atoms with E-state index >= 15 is 0 Å². The van der Waals surface area contributed by atoms with Crippen molar-refractivity contribution in [2.45, 2.75) is 39.5 Å². The average molecular weight is 337 g/mol. The first kappa shape index (κ1) is 18.0. The number of anilines is 1. The van der Waals surface area contributed by atoms with Crippen molar-refractivity contribution in [3.8, 4) is 0 Å². The van der Waals surface area contributed by atoms with Gasteiger partial charge in [0.25, 0.3) is 11.7 Å². The van der Waals surface area contributed by atoms with Gasteiger partial charge in [0.2, 0.25) is 0 Å². The minimum atomic E-state index is -0.448. The molecule has 0 aromatic heterocycles. The predicted molar refractivity (Wildman–Crippen MR) is 94.4 cm³/mol. The number of nitrogens with zero attached hydrogens (tertiary/aromatic N) is 2. The molecule has 5 heteroatoms. The van der Waals surface area contributed by atoms with Crippen molar-refractivity contribution in [2.75, 3.05) is 31.1 Å². The number of hydrogen-bond donors (Lipinski definition) is 0. The van der Waals surface area contributed by atoms with E-state index in [1.54, 1.807) is 23.1 Å². The van der Waals surface area contributed by atoms with E-state index in [-0.39, 0.29) is 0 Å². The summed E-state index contributed by atoms with van der Waals surface area (Å²) in [4.78, 5) is 28.3. The first-order valence-corrected chi connectivity index (χ1v) is 8.84. The summed E-state index contributed by atoms with van der Waals surface area (Å²) in [6.07, 6.45) is 4.63. The van der Waals surface area contributed by atoms with Gasteiger partial charge < -0.3 is 9.80 Å². The second-order valence-electron chi connectivity index (χ2n) is 6.00. The summed E-state index contributed by atoms with van der Waals surface area (Å²) in [6.45, 7) is 7.79. The van der Waals surface area contributed by atoms with Crippen LogP contribution in [0.2, 0.25) is 5.02 Å². The van der Waals surface area contributed by atoms with Crippen molar-refractivity contribution in [1.82, 2.24) is 4.90 Å². The van der Waals surface area contributed by atoms with Crippen LogP contribution in [-0.4, -0.2) is 42.8 Å². The monoisotopic (exact) mass is 336 g/mol. The van der Waals surface area contributed by atoms with Crippen molar-refractivity contribution in [2.24, 2.45) is 0 Å². The van der Waals surface area contributed by atoms with Gasteiger partial charge in [-0.25, -0.2) is 0 Å². The summed E-state index contributed by atoms with van der Waals surface area (Å²) in [6, 6.07) is 5.08. The van der Waals surface area contributed by atoms with Crippen LogP contribution < -0.4 is 4.90 Å². The predicted octanol–water partition coefficient (Wildman–Crippen LogP) is 3.77. The molecule has 0 fully saturated rings. The van der Waals surface area contributed by atoms with Gasteiger partial charge in [0.1, 0.15) is 0 Å². The molecule has 1 aliphatic rings. The van der Waals surface area contributed by atoms with Crippen molar-refractivity contribution >= 4 is 29.0 Å². The number of carbonyl (C=O) groups excluding carboxylic acids is 2. The standard InChI is InChI=1S/C18H25ClN2O2/c1-3-5-9-20(10-6-4-2)11-12-21-16-8-7-14(19)13-15(16)17(22)18(21)23/h7-8,13H,3-6,9-12H2,1-2H3. The molecule has 1 aromatic rings. The van der Waals surface area contributed by atoms with E-state index in [1.165, 1.54) is 0 Å². The van der Waals surface area contributed by atoms with Gasteiger partial charge >= 0.3 is 0 Å². The number of unbranched alkanes of at least 4 members (excludes halogenated alkanes) is 2. The van der Waals surface area contributed by atoms with Crippen LogP contribution in [-0.2, 0) is 4.79 Å². The fourth-order valence-electron chi connectivity index (χ4n) is 2.83. The van der Waals surface area contributed by atoms with Crippen molar-refractivity contribution in [1.29, 1.82) is 0 Å². The first-order valence-electron chi connectivity index (χ1n) is 8.46. The minimum absolute atomic E-state index is 0.427. The van der Waals surface area contributed by atoms with Crippen LogP contribution >= 0.6 is 11.6 Å². The Labute approximate surface area is 143 Å². The minimum Gasteiger partial charge on any atom is -0.303 e. The molecule has 1 amide bonds. The summed E-state index contributed by atoms with van der Waals surface area (Å²) in [5, 5.41) is 0.485. The topological polar surface area (TPSA) is 40.6 Å².